The van der Waals surface area contributed by atoms with Gasteiger partial charge in [0.1, 0.15) is 15.9 Å². The molecule has 98 valence electrons. The van der Waals surface area contributed by atoms with Gasteiger partial charge in [0.05, 0.1) is 5.75 Å². The van der Waals surface area contributed by atoms with Crippen molar-refractivity contribution in [3.05, 3.63) is 0 Å². The molecule has 1 saturated heterocycles. The van der Waals surface area contributed by atoms with E-state index >= 15 is 0 Å². The molecule has 2 unspecified atom stereocenters. The zero-order valence-corrected chi connectivity index (χ0v) is 10.7. The minimum absolute atomic E-state index is 0.0883. The van der Waals surface area contributed by atoms with E-state index in [0.717, 1.165) is 6.26 Å². The Hall–Kier alpha value is -1.11. The summed E-state index contributed by atoms with van der Waals surface area (Å²) in [4.78, 5) is 24.0. The van der Waals surface area contributed by atoms with Crippen molar-refractivity contribution in [2.75, 3.05) is 18.6 Å². The number of carbonyl (C=O) groups is 2. The summed E-state index contributed by atoms with van der Waals surface area (Å²) in [6.45, 7) is 2.17. The maximum Gasteiger partial charge on any atom is 0.326 e. The number of hydrogen-bond donors (Lipinski definition) is 1. The number of carboxylic acid groups (broad SMARTS) is 1. The Morgan fingerprint density at radius 1 is 1.41 bits per heavy atom. The Morgan fingerprint density at radius 3 is 2.47 bits per heavy atom. The summed E-state index contributed by atoms with van der Waals surface area (Å²) in [5, 5.41) is 9.02. The number of nitrogens with zero attached hydrogens (tertiary/aromatic N) is 1. The van der Waals surface area contributed by atoms with Crippen LogP contribution in [0.3, 0.4) is 0 Å². The predicted molar refractivity (Wildman–Crippen MR) is 61.2 cm³/mol. The number of aliphatic carboxylic acids is 1. The fraction of sp³-hybridized carbons (Fsp3) is 0.800. The fourth-order valence-electron chi connectivity index (χ4n) is 2.02. The van der Waals surface area contributed by atoms with Crippen LogP contribution in [-0.2, 0) is 19.4 Å². The lowest BCUT2D eigenvalue weighted by Crippen LogP contribution is -2.43. The SMILES string of the molecule is CC1CCN(C(=O)CCS(C)(=O)=O)C1C(=O)O. The zero-order valence-electron chi connectivity index (χ0n) is 9.92. The highest BCUT2D eigenvalue weighted by Gasteiger charge is 2.39. The summed E-state index contributed by atoms with van der Waals surface area (Å²) in [7, 11) is -3.19. The molecule has 1 fully saturated rings. The monoisotopic (exact) mass is 263 g/mol. The van der Waals surface area contributed by atoms with Crippen LogP contribution < -0.4 is 0 Å². The van der Waals surface area contributed by atoms with E-state index in [9.17, 15) is 18.0 Å². The predicted octanol–water partition coefficient (Wildman–Crippen LogP) is -0.257. The van der Waals surface area contributed by atoms with Crippen LogP contribution in [0.25, 0.3) is 0 Å². The van der Waals surface area contributed by atoms with Crippen LogP contribution in [0, 0.1) is 5.92 Å². The van der Waals surface area contributed by atoms with Gasteiger partial charge in [-0.2, -0.15) is 0 Å². The van der Waals surface area contributed by atoms with Gasteiger partial charge in [-0.25, -0.2) is 13.2 Å². The first-order valence-electron chi connectivity index (χ1n) is 5.42. The average molecular weight is 263 g/mol. The largest absolute Gasteiger partial charge is 0.480 e. The summed E-state index contributed by atoms with van der Waals surface area (Å²) >= 11 is 0. The average Bonchev–Trinajstić information content (AvgIpc) is 2.55. The summed E-state index contributed by atoms with van der Waals surface area (Å²) in [6, 6.07) is -0.818. The van der Waals surface area contributed by atoms with E-state index in [4.69, 9.17) is 5.11 Å². The molecule has 0 spiro atoms. The number of rotatable bonds is 4. The summed E-state index contributed by atoms with van der Waals surface area (Å²) in [5.41, 5.74) is 0. The van der Waals surface area contributed by atoms with Crippen molar-refractivity contribution < 1.29 is 23.1 Å². The highest BCUT2D eigenvalue weighted by molar-refractivity contribution is 7.90. The first kappa shape index (κ1) is 14.0. The number of hydrogen-bond acceptors (Lipinski definition) is 4. The maximum atomic E-state index is 11.8. The van der Waals surface area contributed by atoms with Crippen molar-refractivity contribution in [3.63, 3.8) is 0 Å². The van der Waals surface area contributed by atoms with E-state index in [-0.39, 0.29) is 18.1 Å². The van der Waals surface area contributed by atoms with Crippen molar-refractivity contribution in [3.8, 4) is 0 Å². The Bertz CT molecular complexity index is 416. The number of sulfone groups is 1. The standard InChI is InChI=1S/C10H17NO5S/c1-7-3-5-11(9(7)10(13)14)8(12)4-6-17(2,15)16/h7,9H,3-6H2,1-2H3,(H,13,14). The third-order valence-electron chi connectivity index (χ3n) is 2.96. The Kier molecular flexibility index (Phi) is 4.13. The molecular formula is C10H17NO5S. The third kappa shape index (κ3) is 3.69. The third-order valence-corrected chi connectivity index (χ3v) is 3.91. The number of amides is 1. The molecule has 1 N–H and O–H groups in total. The van der Waals surface area contributed by atoms with Crippen molar-refractivity contribution in [2.45, 2.75) is 25.8 Å². The molecule has 0 aromatic heterocycles. The molecule has 0 saturated carbocycles. The molecule has 2 atom stereocenters. The zero-order chi connectivity index (χ0) is 13.2. The van der Waals surface area contributed by atoms with E-state index in [1.165, 1.54) is 4.90 Å². The smallest absolute Gasteiger partial charge is 0.326 e. The molecule has 0 aliphatic carbocycles. The summed E-state index contributed by atoms with van der Waals surface area (Å²) < 4.78 is 21.9. The van der Waals surface area contributed by atoms with Gasteiger partial charge in [0.15, 0.2) is 0 Å². The lowest BCUT2D eigenvalue weighted by molar-refractivity contribution is -0.149. The molecule has 0 aromatic rings. The van der Waals surface area contributed by atoms with E-state index in [1.54, 1.807) is 6.92 Å². The highest BCUT2D eigenvalue weighted by atomic mass is 32.2. The highest BCUT2D eigenvalue weighted by Crippen LogP contribution is 2.24. The van der Waals surface area contributed by atoms with Crippen molar-refractivity contribution in [1.29, 1.82) is 0 Å². The molecule has 1 amide bonds. The van der Waals surface area contributed by atoms with Gasteiger partial charge < -0.3 is 10.0 Å². The first-order valence-corrected chi connectivity index (χ1v) is 7.48. The maximum absolute atomic E-state index is 11.8. The molecule has 6 nitrogen and oxygen atoms in total. The van der Waals surface area contributed by atoms with Crippen LogP contribution in [0.1, 0.15) is 19.8 Å². The Labute approximate surface area is 101 Å². The molecule has 1 rings (SSSR count). The second-order valence-electron chi connectivity index (χ2n) is 4.52. The topological polar surface area (TPSA) is 91.8 Å². The Balaban J connectivity index is 2.66. The van der Waals surface area contributed by atoms with Crippen LogP contribution >= 0.6 is 0 Å². The van der Waals surface area contributed by atoms with Gasteiger partial charge in [0, 0.05) is 19.2 Å². The Morgan fingerprint density at radius 2 is 2.00 bits per heavy atom. The van der Waals surface area contributed by atoms with E-state index in [0.29, 0.717) is 13.0 Å². The van der Waals surface area contributed by atoms with Crippen molar-refractivity contribution >= 4 is 21.7 Å². The molecule has 1 heterocycles. The number of carbonyl (C=O) groups excluding carboxylic acids is 1. The second-order valence-corrected chi connectivity index (χ2v) is 6.78. The van der Waals surface area contributed by atoms with Gasteiger partial charge in [-0.1, -0.05) is 6.92 Å². The van der Waals surface area contributed by atoms with Gasteiger partial charge in [-0.15, -0.1) is 0 Å². The molecule has 0 radical (unpaired) electrons. The van der Waals surface area contributed by atoms with Gasteiger partial charge >= 0.3 is 5.97 Å². The van der Waals surface area contributed by atoms with Crippen LogP contribution in [0.15, 0.2) is 0 Å². The molecule has 1 aliphatic heterocycles. The van der Waals surface area contributed by atoms with Gasteiger partial charge in [0.2, 0.25) is 5.91 Å². The molecule has 1 aliphatic rings. The van der Waals surface area contributed by atoms with Crippen LogP contribution in [0.4, 0.5) is 0 Å². The van der Waals surface area contributed by atoms with E-state index in [1.807, 2.05) is 0 Å². The van der Waals surface area contributed by atoms with E-state index < -0.39 is 27.8 Å². The summed E-state index contributed by atoms with van der Waals surface area (Å²) in [5.74, 6) is -1.74. The normalized spacial score (nSPS) is 24.9. The van der Waals surface area contributed by atoms with Crippen LogP contribution in [0.2, 0.25) is 0 Å². The quantitative estimate of drug-likeness (QED) is 0.754. The van der Waals surface area contributed by atoms with Gasteiger partial charge in [0.25, 0.3) is 0 Å². The number of likely N-dealkylation sites (tertiary alicyclic amines) is 1. The fourth-order valence-corrected chi connectivity index (χ4v) is 2.57. The minimum Gasteiger partial charge on any atom is -0.480 e. The van der Waals surface area contributed by atoms with Crippen molar-refractivity contribution in [2.24, 2.45) is 5.92 Å². The molecule has 0 bridgehead atoms. The first-order chi connectivity index (χ1) is 7.72. The van der Waals surface area contributed by atoms with E-state index in [2.05, 4.69) is 0 Å². The minimum atomic E-state index is -3.19. The van der Waals surface area contributed by atoms with Crippen molar-refractivity contribution in [1.82, 2.24) is 4.90 Å². The van der Waals surface area contributed by atoms with Crippen LogP contribution in [0.5, 0.6) is 0 Å². The molecule has 7 heteroatoms. The van der Waals surface area contributed by atoms with Gasteiger partial charge in [-0.3, -0.25) is 4.79 Å². The lowest BCUT2D eigenvalue weighted by Gasteiger charge is -2.23. The number of carboxylic acids is 1. The molecule has 0 aromatic carbocycles. The van der Waals surface area contributed by atoms with Gasteiger partial charge in [-0.05, 0) is 12.3 Å². The van der Waals surface area contributed by atoms with Crippen LogP contribution in [-0.4, -0.2) is 54.9 Å². The molecule has 17 heavy (non-hydrogen) atoms. The molecular weight excluding hydrogens is 246 g/mol. The lowest BCUT2D eigenvalue weighted by atomic mass is 10.0. The second kappa shape index (κ2) is 5.03. The summed E-state index contributed by atoms with van der Waals surface area (Å²) in [6.07, 6.45) is 1.55.